The first-order chi connectivity index (χ1) is 22.8. The van der Waals surface area contributed by atoms with Crippen molar-refractivity contribution in [3.05, 3.63) is 103 Å². The van der Waals surface area contributed by atoms with Gasteiger partial charge in [0.15, 0.2) is 11.2 Å². The number of amides is 2. The van der Waals surface area contributed by atoms with Gasteiger partial charge in [-0.2, -0.15) is 9.97 Å². The highest BCUT2D eigenvalue weighted by atomic mass is 16.6. The first-order valence-electron chi connectivity index (χ1n) is 15.0. The molecule has 2 aromatic heterocycles. The highest BCUT2D eigenvalue weighted by molar-refractivity contribution is 5.98. The Kier molecular flexibility index (Phi) is 9.18. The van der Waals surface area contributed by atoms with Crippen LogP contribution in [0.25, 0.3) is 11.2 Å². The molecule has 0 bridgehead atoms. The molecule has 3 aromatic carbocycles. The number of carbonyl (C=O) groups excluding carboxylic acids is 3. The van der Waals surface area contributed by atoms with E-state index in [0.29, 0.717) is 16.9 Å². The van der Waals surface area contributed by atoms with Gasteiger partial charge in [0, 0.05) is 12.3 Å². The first kappa shape index (κ1) is 31.3. The number of imidazole rings is 1. The van der Waals surface area contributed by atoms with Crippen LogP contribution in [0.1, 0.15) is 36.9 Å². The van der Waals surface area contributed by atoms with Gasteiger partial charge in [0.2, 0.25) is 11.9 Å². The van der Waals surface area contributed by atoms with Crippen LogP contribution in [-0.2, 0) is 14.3 Å². The molecule has 47 heavy (non-hydrogen) atoms. The molecule has 0 unspecified atom stereocenters. The Morgan fingerprint density at radius 2 is 1.57 bits per heavy atom. The van der Waals surface area contributed by atoms with Crippen molar-refractivity contribution < 1.29 is 33.7 Å². The standard InChI is InChI=1S/C34H32N6O7/c1-21(2)30(42)37-33-36-29-28(31(38-33)47-34(44)40(23-14-8-4-9-15-23)24-16-10-5-11-17-24)35-20-39(29)27-18-25(26(19-41)45-27)46-32(43)22-12-6-3-7-13-22/h3-17,20-21,25-27,41H,18-19H2,1-2H3,(H,36,37,38,42)/t25-,26+,27-/m0/s1. The van der Waals surface area contributed by atoms with E-state index in [1.165, 1.54) is 11.2 Å². The number of nitrogens with zero attached hydrogens (tertiary/aromatic N) is 5. The van der Waals surface area contributed by atoms with Gasteiger partial charge in [-0.3, -0.25) is 14.7 Å². The molecule has 0 aliphatic carbocycles. The van der Waals surface area contributed by atoms with Crippen molar-refractivity contribution in [3.63, 3.8) is 0 Å². The van der Waals surface area contributed by atoms with E-state index in [9.17, 15) is 19.5 Å². The number of hydrogen-bond donors (Lipinski definition) is 2. The maximum atomic E-state index is 13.8. The maximum Gasteiger partial charge on any atom is 0.425 e. The van der Waals surface area contributed by atoms with Crippen molar-refractivity contribution in [2.45, 2.75) is 38.7 Å². The number of hydrogen-bond acceptors (Lipinski definition) is 10. The van der Waals surface area contributed by atoms with E-state index < -0.39 is 37.1 Å². The van der Waals surface area contributed by atoms with Gasteiger partial charge in [-0.25, -0.2) is 19.5 Å². The fourth-order valence-corrected chi connectivity index (χ4v) is 5.06. The molecule has 0 saturated carbocycles. The summed E-state index contributed by atoms with van der Waals surface area (Å²) < 4.78 is 19.2. The zero-order chi connectivity index (χ0) is 32.9. The van der Waals surface area contributed by atoms with E-state index in [4.69, 9.17) is 14.2 Å². The second-order valence-electron chi connectivity index (χ2n) is 11.1. The molecule has 240 valence electrons. The molecule has 5 aromatic rings. The Balaban J connectivity index is 1.34. The van der Waals surface area contributed by atoms with Crippen LogP contribution in [0.2, 0.25) is 0 Å². The Morgan fingerprint density at radius 3 is 2.17 bits per heavy atom. The highest BCUT2D eigenvalue weighted by Gasteiger charge is 2.40. The number of para-hydroxylation sites is 2. The normalized spacial score (nSPS) is 17.4. The summed E-state index contributed by atoms with van der Waals surface area (Å²) in [6, 6.07) is 26.5. The molecule has 3 heterocycles. The summed E-state index contributed by atoms with van der Waals surface area (Å²) in [6.07, 6.45) is -1.56. The summed E-state index contributed by atoms with van der Waals surface area (Å²) in [5.41, 5.74) is 1.78. The highest BCUT2D eigenvalue weighted by Crippen LogP contribution is 2.35. The average molecular weight is 637 g/mol. The van der Waals surface area contributed by atoms with Crippen molar-refractivity contribution in [1.29, 1.82) is 0 Å². The molecule has 1 saturated heterocycles. The largest absolute Gasteiger partial charge is 0.456 e. The number of anilines is 3. The van der Waals surface area contributed by atoms with E-state index in [0.717, 1.165) is 0 Å². The number of aliphatic hydroxyl groups is 1. The van der Waals surface area contributed by atoms with Crippen LogP contribution in [0.3, 0.4) is 0 Å². The minimum Gasteiger partial charge on any atom is -0.456 e. The monoisotopic (exact) mass is 636 g/mol. The number of nitrogens with one attached hydrogen (secondary N) is 1. The Morgan fingerprint density at radius 1 is 0.957 bits per heavy atom. The molecule has 13 heteroatoms. The third-order valence-corrected chi connectivity index (χ3v) is 7.48. The second-order valence-corrected chi connectivity index (χ2v) is 11.1. The Hall–Kier alpha value is -5.66. The third kappa shape index (κ3) is 6.81. The van der Waals surface area contributed by atoms with Crippen LogP contribution in [0.4, 0.5) is 22.1 Å². The van der Waals surface area contributed by atoms with Gasteiger partial charge in [-0.15, -0.1) is 0 Å². The molecular weight excluding hydrogens is 604 g/mol. The summed E-state index contributed by atoms with van der Waals surface area (Å²) in [6.45, 7) is 3.03. The summed E-state index contributed by atoms with van der Waals surface area (Å²) >= 11 is 0. The van der Waals surface area contributed by atoms with E-state index in [1.54, 1.807) is 97.3 Å². The summed E-state index contributed by atoms with van der Waals surface area (Å²) in [4.78, 5) is 54.0. The number of esters is 1. The van der Waals surface area contributed by atoms with Crippen molar-refractivity contribution in [1.82, 2.24) is 19.5 Å². The van der Waals surface area contributed by atoms with Crippen molar-refractivity contribution in [2.75, 3.05) is 16.8 Å². The van der Waals surface area contributed by atoms with Crippen LogP contribution in [-0.4, -0.2) is 61.4 Å². The van der Waals surface area contributed by atoms with E-state index in [2.05, 4.69) is 20.3 Å². The number of benzene rings is 3. The molecule has 2 N–H and O–H groups in total. The molecule has 0 spiro atoms. The molecule has 13 nitrogen and oxygen atoms in total. The summed E-state index contributed by atoms with van der Waals surface area (Å²) in [7, 11) is 0. The quantitative estimate of drug-likeness (QED) is 0.204. The molecule has 6 rings (SSSR count). The number of aliphatic hydroxyl groups excluding tert-OH is 1. The lowest BCUT2D eigenvalue weighted by Gasteiger charge is -2.22. The number of ether oxygens (including phenoxy) is 3. The lowest BCUT2D eigenvalue weighted by molar-refractivity contribution is -0.118. The SMILES string of the molecule is CC(C)C(=O)Nc1nc(OC(=O)N(c2ccccc2)c2ccccc2)c2ncn([C@@H]3C[C@H](OC(=O)c4ccccc4)[C@@H](CO)O3)c2n1. The Bertz CT molecular complexity index is 1830. The average Bonchev–Trinajstić information content (AvgIpc) is 3.70. The van der Waals surface area contributed by atoms with Gasteiger partial charge >= 0.3 is 12.1 Å². The zero-order valence-corrected chi connectivity index (χ0v) is 25.6. The van der Waals surface area contributed by atoms with Crippen LogP contribution in [0.5, 0.6) is 5.88 Å². The molecular formula is C34H32N6O7. The van der Waals surface area contributed by atoms with Crippen LogP contribution < -0.4 is 15.0 Å². The number of rotatable bonds is 9. The van der Waals surface area contributed by atoms with E-state index in [1.807, 2.05) is 12.1 Å². The van der Waals surface area contributed by atoms with Crippen LogP contribution in [0.15, 0.2) is 97.3 Å². The molecule has 0 radical (unpaired) electrons. The molecule has 1 fully saturated rings. The third-order valence-electron chi connectivity index (χ3n) is 7.48. The molecule has 1 aliphatic heterocycles. The number of aromatic nitrogens is 4. The number of fused-ring (bicyclic) bond motifs is 1. The lowest BCUT2D eigenvalue weighted by atomic mass is 10.1. The zero-order valence-electron chi connectivity index (χ0n) is 25.6. The maximum absolute atomic E-state index is 13.8. The summed E-state index contributed by atoms with van der Waals surface area (Å²) in [5.74, 6) is -1.60. The molecule has 2 amide bonds. The lowest BCUT2D eigenvalue weighted by Crippen LogP contribution is -2.30. The van der Waals surface area contributed by atoms with Gasteiger partial charge in [0.05, 0.1) is 29.9 Å². The van der Waals surface area contributed by atoms with Crippen molar-refractivity contribution >= 4 is 46.5 Å². The van der Waals surface area contributed by atoms with Crippen LogP contribution in [0, 0.1) is 5.92 Å². The fourth-order valence-electron chi connectivity index (χ4n) is 5.06. The number of carbonyl (C=O) groups is 3. The molecule has 3 atom stereocenters. The van der Waals surface area contributed by atoms with Gasteiger partial charge in [0.25, 0.3) is 5.88 Å². The first-order valence-corrected chi connectivity index (χ1v) is 15.0. The van der Waals surface area contributed by atoms with Gasteiger partial charge in [-0.05, 0) is 36.4 Å². The van der Waals surface area contributed by atoms with Gasteiger partial charge in [-0.1, -0.05) is 68.4 Å². The molecule has 1 aliphatic rings. The van der Waals surface area contributed by atoms with E-state index >= 15 is 0 Å². The fraction of sp³-hybridized carbons (Fsp3) is 0.235. The minimum atomic E-state index is -0.824. The van der Waals surface area contributed by atoms with Crippen LogP contribution >= 0.6 is 0 Å². The van der Waals surface area contributed by atoms with Gasteiger partial charge in [0.1, 0.15) is 18.4 Å². The van der Waals surface area contributed by atoms with Crippen molar-refractivity contribution in [3.8, 4) is 5.88 Å². The van der Waals surface area contributed by atoms with Crippen molar-refractivity contribution in [2.24, 2.45) is 5.92 Å². The smallest absolute Gasteiger partial charge is 0.425 e. The second kappa shape index (κ2) is 13.8. The Labute approximate surface area is 269 Å². The summed E-state index contributed by atoms with van der Waals surface area (Å²) in [5, 5.41) is 12.7. The van der Waals surface area contributed by atoms with Gasteiger partial charge < -0.3 is 19.3 Å². The predicted molar refractivity (Wildman–Crippen MR) is 171 cm³/mol. The van der Waals surface area contributed by atoms with E-state index in [-0.39, 0.29) is 41.2 Å². The predicted octanol–water partition coefficient (Wildman–Crippen LogP) is 5.26. The topological polar surface area (TPSA) is 158 Å². The minimum absolute atomic E-state index is 0.115.